The average Bonchev–Trinajstić information content (AvgIpc) is 3.49. The van der Waals surface area contributed by atoms with Crippen LogP contribution in [0.25, 0.3) is 0 Å². The topological polar surface area (TPSA) is 93.1 Å². The molecule has 2 amide bonds. The summed E-state index contributed by atoms with van der Waals surface area (Å²) in [5, 5.41) is 14.2. The first kappa shape index (κ1) is 22.7. The van der Waals surface area contributed by atoms with Crippen LogP contribution in [0.5, 0.6) is 5.75 Å². The fraction of sp³-hybridized carbons (Fsp3) is 0.240. The summed E-state index contributed by atoms with van der Waals surface area (Å²) in [5.41, 5.74) is 0.212. The summed E-state index contributed by atoms with van der Waals surface area (Å²) >= 11 is 1.48. The average molecular weight is 466 g/mol. The lowest BCUT2D eigenvalue weighted by Crippen LogP contribution is -2.32. The van der Waals surface area contributed by atoms with E-state index in [1.165, 1.54) is 11.3 Å². The van der Waals surface area contributed by atoms with E-state index in [0.29, 0.717) is 22.8 Å². The van der Waals surface area contributed by atoms with E-state index in [4.69, 9.17) is 9.57 Å². The molecule has 1 N–H and O–H groups in total. The number of benzene rings is 2. The SMILES string of the molecule is O=C(CCCOc1ccc(C(O)(c2ccccc2)c2cccs2)cc1)ON1C(=O)CCC1=O. The van der Waals surface area contributed by atoms with Gasteiger partial charge in [-0.25, -0.2) is 4.79 Å². The van der Waals surface area contributed by atoms with Crippen LogP contribution in [0.15, 0.2) is 72.1 Å². The quantitative estimate of drug-likeness (QED) is 0.382. The minimum absolute atomic E-state index is 0.0152. The summed E-state index contributed by atoms with van der Waals surface area (Å²) in [6.07, 6.45) is 0.509. The van der Waals surface area contributed by atoms with Gasteiger partial charge >= 0.3 is 5.97 Å². The lowest BCUT2D eigenvalue weighted by molar-refractivity contribution is -0.197. The van der Waals surface area contributed by atoms with Crippen molar-refractivity contribution < 1.29 is 29.1 Å². The molecule has 1 saturated heterocycles. The van der Waals surface area contributed by atoms with E-state index in [-0.39, 0.29) is 25.9 Å². The number of imide groups is 1. The fourth-order valence-electron chi connectivity index (χ4n) is 3.62. The van der Waals surface area contributed by atoms with Crippen LogP contribution in [-0.2, 0) is 24.8 Å². The summed E-state index contributed by atoms with van der Waals surface area (Å²) in [7, 11) is 0. The van der Waals surface area contributed by atoms with Gasteiger partial charge in [0.05, 0.1) is 13.0 Å². The smallest absolute Gasteiger partial charge is 0.333 e. The van der Waals surface area contributed by atoms with Gasteiger partial charge in [0.15, 0.2) is 0 Å². The predicted molar refractivity (Wildman–Crippen MR) is 121 cm³/mol. The van der Waals surface area contributed by atoms with Crippen LogP contribution >= 0.6 is 11.3 Å². The van der Waals surface area contributed by atoms with Gasteiger partial charge in [-0.3, -0.25) is 9.59 Å². The molecule has 8 heteroatoms. The number of hydrogen-bond donors (Lipinski definition) is 1. The molecule has 1 aromatic heterocycles. The third-order valence-electron chi connectivity index (χ3n) is 5.33. The van der Waals surface area contributed by atoms with Gasteiger partial charge in [0.1, 0.15) is 11.4 Å². The number of thiophene rings is 1. The van der Waals surface area contributed by atoms with E-state index in [1.807, 2.05) is 60.0 Å². The van der Waals surface area contributed by atoms with E-state index < -0.39 is 23.4 Å². The van der Waals surface area contributed by atoms with Gasteiger partial charge in [-0.2, -0.15) is 0 Å². The predicted octanol–water partition coefficient (Wildman–Crippen LogP) is 3.80. The summed E-state index contributed by atoms with van der Waals surface area (Å²) < 4.78 is 5.70. The second-order valence-corrected chi connectivity index (χ2v) is 8.52. The Morgan fingerprint density at radius 1 is 0.939 bits per heavy atom. The van der Waals surface area contributed by atoms with Crippen molar-refractivity contribution in [2.24, 2.45) is 0 Å². The molecule has 1 aliphatic rings. The van der Waals surface area contributed by atoms with Crippen LogP contribution in [0.2, 0.25) is 0 Å². The Labute approximate surface area is 195 Å². The molecule has 0 saturated carbocycles. The number of aliphatic hydroxyl groups is 1. The van der Waals surface area contributed by atoms with Crippen molar-refractivity contribution in [3.05, 3.63) is 88.1 Å². The Morgan fingerprint density at radius 2 is 1.61 bits per heavy atom. The summed E-state index contributed by atoms with van der Waals surface area (Å²) in [4.78, 5) is 40.5. The number of rotatable bonds is 9. The van der Waals surface area contributed by atoms with Crippen LogP contribution in [0.4, 0.5) is 0 Å². The maximum absolute atomic E-state index is 11.9. The molecule has 0 spiro atoms. The van der Waals surface area contributed by atoms with E-state index in [0.717, 1.165) is 10.4 Å². The molecular weight excluding hydrogens is 442 g/mol. The number of hydrogen-bond acceptors (Lipinski definition) is 7. The third-order valence-corrected chi connectivity index (χ3v) is 6.31. The highest BCUT2D eigenvalue weighted by Crippen LogP contribution is 2.39. The van der Waals surface area contributed by atoms with E-state index in [2.05, 4.69) is 0 Å². The Morgan fingerprint density at radius 3 is 2.24 bits per heavy atom. The molecule has 3 aromatic rings. The van der Waals surface area contributed by atoms with Crippen molar-refractivity contribution in [1.29, 1.82) is 0 Å². The van der Waals surface area contributed by atoms with Gasteiger partial charge in [-0.05, 0) is 41.1 Å². The number of carbonyl (C=O) groups is 3. The van der Waals surface area contributed by atoms with Crippen LogP contribution in [0, 0.1) is 0 Å². The maximum Gasteiger partial charge on any atom is 0.333 e. The molecule has 170 valence electrons. The Balaban J connectivity index is 1.35. The standard InChI is InChI=1S/C25H23NO6S/c27-22-14-15-23(28)26(22)32-24(29)9-4-16-31-20-12-10-19(11-13-20)25(30,21-8-5-17-33-21)18-6-2-1-3-7-18/h1-3,5-8,10-13,17,30H,4,9,14-16H2. The molecule has 1 unspecified atom stereocenters. The monoisotopic (exact) mass is 465 g/mol. The van der Waals surface area contributed by atoms with Crippen molar-refractivity contribution in [2.45, 2.75) is 31.3 Å². The van der Waals surface area contributed by atoms with Gasteiger partial charge in [-0.15, -0.1) is 16.4 Å². The largest absolute Gasteiger partial charge is 0.494 e. The molecule has 4 rings (SSSR count). The van der Waals surface area contributed by atoms with Crippen LogP contribution < -0.4 is 4.74 Å². The van der Waals surface area contributed by atoms with Crippen LogP contribution in [0.1, 0.15) is 41.7 Å². The molecule has 33 heavy (non-hydrogen) atoms. The molecule has 2 heterocycles. The number of nitrogens with zero attached hydrogens (tertiary/aromatic N) is 1. The summed E-state index contributed by atoms with van der Waals surface area (Å²) in [6, 6.07) is 20.5. The van der Waals surface area contributed by atoms with Gasteiger partial charge in [-0.1, -0.05) is 48.5 Å². The highest BCUT2D eigenvalue weighted by Gasteiger charge is 2.35. The summed E-state index contributed by atoms with van der Waals surface area (Å²) in [6.45, 7) is 0.254. The molecule has 2 aromatic carbocycles. The van der Waals surface area contributed by atoms with E-state index in [9.17, 15) is 19.5 Å². The first-order chi connectivity index (χ1) is 16.0. The second-order valence-electron chi connectivity index (χ2n) is 7.58. The first-order valence-corrected chi connectivity index (χ1v) is 11.5. The number of amides is 2. The van der Waals surface area contributed by atoms with Gasteiger partial charge in [0.25, 0.3) is 11.8 Å². The minimum Gasteiger partial charge on any atom is -0.494 e. The Hall–Kier alpha value is -3.49. The molecule has 0 radical (unpaired) electrons. The van der Waals surface area contributed by atoms with Crippen molar-refractivity contribution in [3.8, 4) is 5.75 Å². The van der Waals surface area contributed by atoms with Crippen molar-refractivity contribution >= 4 is 29.1 Å². The second kappa shape index (κ2) is 9.97. The number of ether oxygens (including phenoxy) is 1. The summed E-state index contributed by atoms with van der Waals surface area (Å²) in [5.74, 6) is -1.05. The molecule has 1 fully saturated rings. The van der Waals surface area contributed by atoms with Gasteiger partial charge in [0, 0.05) is 17.7 Å². The highest BCUT2D eigenvalue weighted by molar-refractivity contribution is 7.10. The van der Waals surface area contributed by atoms with E-state index >= 15 is 0 Å². The van der Waals surface area contributed by atoms with E-state index in [1.54, 1.807) is 12.1 Å². The number of carbonyl (C=O) groups excluding carboxylic acids is 3. The van der Waals surface area contributed by atoms with Crippen LogP contribution in [0.3, 0.4) is 0 Å². The zero-order valence-corrected chi connectivity index (χ0v) is 18.6. The van der Waals surface area contributed by atoms with Crippen molar-refractivity contribution in [3.63, 3.8) is 0 Å². The molecular formula is C25H23NO6S. The number of hydroxylamine groups is 2. The van der Waals surface area contributed by atoms with Gasteiger partial charge < -0.3 is 14.7 Å². The Bertz CT molecular complexity index is 1100. The zero-order chi connectivity index (χ0) is 23.3. The molecule has 7 nitrogen and oxygen atoms in total. The third kappa shape index (κ3) is 4.97. The minimum atomic E-state index is -1.28. The van der Waals surface area contributed by atoms with Crippen LogP contribution in [-0.4, -0.2) is 34.6 Å². The lowest BCUT2D eigenvalue weighted by atomic mass is 9.85. The molecule has 1 aliphatic heterocycles. The van der Waals surface area contributed by atoms with Crippen molar-refractivity contribution in [2.75, 3.05) is 6.61 Å². The van der Waals surface area contributed by atoms with Gasteiger partial charge in [0.2, 0.25) is 0 Å². The molecule has 0 bridgehead atoms. The molecule has 1 atom stereocenters. The first-order valence-electron chi connectivity index (χ1n) is 10.6. The Kier molecular flexibility index (Phi) is 6.86. The normalized spacial score (nSPS) is 15.4. The fourth-order valence-corrected chi connectivity index (χ4v) is 4.49. The lowest BCUT2D eigenvalue weighted by Gasteiger charge is -2.28. The molecule has 0 aliphatic carbocycles. The maximum atomic E-state index is 11.9. The highest BCUT2D eigenvalue weighted by atomic mass is 32.1. The van der Waals surface area contributed by atoms with Crippen molar-refractivity contribution in [1.82, 2.24) is 5.06 Å². The zero-order valence-electron chi connectivity index (χ0n) is 17.8.